The van der Waals surface area contributed by atoms with Gasteiger partial charge in [-0.1, -0.05) is 6.92 Å². The molecule has 5 nitrogen and oxygen atoms in total. The van der Waals surface area contributed by atoms with Crippen LogP contribution in [0.2, 0.25) is 0 Å². The SMILES string of the molecule is CCN(O)CCNCc1ccc(N)cn1. The van der Waals surface area contributed by atoms with E-state index < -0.39 is 0 Å². The van der Waals surface area contributed by atoms with E-state index in [2.05, 4.69) is 10.3 Å². The Balaban J connectivity index is 2.17. The largest absolute Gasteiger partial charge is 0.397 e. The van der Waals surface area contributed by atoms with E-state index in [1.807, 2.05) is 19.1 Å². The lowest BCUT2D eigenvalue weighted by Gasteiger charge is -2.11. The summed E-state index contributed by atoms with van der Waals surface area (Å²) in [6.45, 7) is 4.59. The number of aromatic nitrogens is 1. The molecule has 4 N–H and O–H groups in total. The smallest absolute Gasteiger partial charge is 0.0543 e. The third-order valence-electron chi connectivity index (χ3n) is 2.07. The van der Waals surface area contributed by atoms with E-state index in [9.17, 15) is 0 Å². The molecule has 0 bridgehead atoms. The third kappa shape index (κ3) is 4.73. The molecule has 0 aromatic carbocycles. The molecule has 0 aliphatic carbocycles. The lowest BCUT2D eigenvalue weighted by Crippen LogP contribution is -2.29. The number of nitrogens with one attached hydrogen (secondary N) is 1. The summed E-state index contributed by atoms with van der Waals surface area (Å²) in [7, 11) is 0. The van der Waals surface area contributed by atoms with Crippen LogP contribution in [0.4, 0.5) is 5.69 Å². The monoisotopic (exact) mass is 210 g/mol. The number of rotatable bonds is 6. The first-order valence-electron chi connectivity index (χ1n) is 5.07. The van der Waals surface area contributed by atoms with Gasteiger partial charge in [0.2, 0.25) is 0 Å². The maximum atomic E-state index is 9.15. The number of nitrogens with two attached hydrogens (primary N) is 1. The fourth-order valence-corrected chi connectivity index (χ4v) is 1.12. The number of nitrogen functional groups attached to an aromatic ring is 1. The predicted octanol–water partition coefficient (Wildman–Crippen LogP) is 0.464. The Kier molecular flexibility index (Phi) is 5.03. The Morgan fingerprint density at radius 3 is 2.93 bits per heavy atom. The van der Waals surface area contributed by atoms with Crippen LogP contribution in [0.5, 0.6) is 0 Å². The summed E-state index contributed by atoms with van der Waals surface area (Å²) in [5, 5.41) is 13.6. The van der Waals surface area contributed by atoms with Crippen LogP contribution in [0.25, 0.3) is 0 Å². The van der Waals surface area contributed by atoms with Gasteiger partial charge in [-0.2, -0.15) is 5.06 Å². The maximum Gasteiger partial charge on any atom is 0.0543 e. The van der Waals surface area contributed by atoms with Crippen molar-refractivity contribution in [3.8, 4) is 0 Å². The zero-order chi connectivity index (χ0) is 11.1. The minimum atomic E-state index is 0.617. The van der Waals surface area contributed by atoms with E-state index in [-0.39, 0.29) is 0 Å². The lowest BCUT2D eigenvalue weighted by atomic mass is 10.3. The molecule has 0 aliphatic rings. The number of likely N-dealkylation sites (N-methyl/N-ethyl adjacent to an activating group) is 1. The Morgan fingerprint density at radius 1 is 1.53 bits per heavy atom. The average molecular weight is 210 g/mol. The van der Waals surface area contributed by atoms with E-state index in [1.165, 1.54) is 5.06 Å². The molecule has 0 atom stereocenters. The van der Waals surface area contributed by atoms with Crippen LogP contribution in [0.1, 0.15) is 12.6 Å². The Bertz CT molecular complexity index is 275. The molecule has 1 aromatic heterocycles. The summed E-state index contributed by atoms with van der Waals surface area (Å²) in [6, 6.07) is 3.72. The molecule has 5 heteroatoms. The van der Waals surface area contributed by atoms with Gasteiger partial charge in [0.15, 0.2) is 0 Å². The molecule has 0 amide bonds. The molecule has 84 valence electrons. The summed E-state index contributed by atoms with van der Waals surface area (Å²) in [6.07, 6.45) is 1.64. The van der Waals surface area contributed by atoms with Gasteiger partial charge in [-0.05, 0) is 12.1 Å². The molecule has 0 unspecified atom stereocenters. The molecule has 1 rings (SSSR count). The summed E-state index contributed by atoms with van der Waals surface area (Å²) in [4.78, 5) is 4.15. The minimum absolute atomic E-state index is 0.617. The van der Waals surface area contributed by atoms with E-state index in [0.717, 1.165) is 12.2 Å². The fourth-order valence-electron chi connectivity index (χ4n) is 1.12. The lowest BCUT2D eigenvalue weighted by molar-refractivity contribution is -0.0846. The van der Waals surface area contributed by atoms with Crippen LogP contribution in [-0.2, 0) is 6.54 Å². The van der Waals surface area contributed by atoms with Crippen LogP contribution in [0.15, 0.2) is 18.3 Å². The molecule has 0 saturated heterocycles. The Labute approximate surface area is 89.9 Å². The normalized spacial score (nSPS) is 10.9. The van der Waals surface area contributed by atoms with Crippen LogP contribution in [0, 0.1) is 0 Å². The van der Waals surface area contributed by atoms with Gasteiger partial charge >= 0.3 is 0 Å². The van der Waals surface area contributed by atoms with E-state index >= 15 is 0 Å². The Morgan fingerprint density at radius 2 is 2.33 bits per heavy atom. The molecule has 15 heavy (non-hydrogen) atoms. The van der Waals surface area contributed by atoms with Gasteiger partial charge in [-0.25, -0.2) is 0 Å². The highest BCUT2D eigenvalue weighted by atomic mass is 16.5. The van der Waals surface area contributed by atoms with Crippen molar-refractivity contribution in [2.45, 2.75) is 13.5 Å². The first-order valence-corrected chi connectivity index (χ1v) is 5.07. The zero-order valence-corrected chi connectivity index (χ0v) is 8.98. The predicted molar refractivity (Wildman–Crippen MR) is 59.4 cm³/mol. The molecule has 1 heterocycles. The molecule has 0 aliphatic heterocycles. The van der Waals surface area contributed by atoms with Crippen molar-refractivity contribution in [2.24, 2.45) is 0 Å². The second-order valence-corrected chi connectivity index (χ2v) is 3.31. The van der Waals surface area contributed by atoms with Crippen molar-refractivity contribution >= 4 is 5.69 Å². The van der Waals surface area contributed by atoms with Crippen LogP contribution < -0.4 is 11.1 Å². The quantitative estimate of drug-likeness (QED) is 0.470. The van der Waals surface area contributed by atoms with Crippen LogP contribution >= 0.6 is 0 Å². The standard InChI is InChI=1S/C10H18N4O/c1-2-14(15)6-5-12-8-10-4-3-9(11)7-13-10/h3-4,7,12,15H,2,5-6,8,11H2,1H3. The van der Waals surface area contributed by atoms with Gasteiger partial charge in [0.1, 0.15) is 0 Å². The van der Waals surface area contributed by atoms with Crippen molar-refractivity contribution in [1.29, 1.82) is 0 Å². The van der Waals surface area contributed by atoms with Crippen LogP contribution in [-0.4, -0.2) is 34.9 Å². The maximum absolute atomic E-state index is 9.15. The second kappa shape index (κ2) is 6.34. The number of nitrogens with zero attached hydrogens (tertiary/aromatic N) is 2. The molecular weight excluding hydrogens is 192 g/mol. The highest BCUT2D eigenvalue weighted by Gasteiger charge is 1.96. The molecule has 0 saturated carbocycles. The first kappa shape index (κ1) is 11.9. The summed E-state index contributed by atoms with van der Waals surface area (Å²) in [5.41, 5.74) is 7.14. The highest BCUT2D eigenvalue weighted by molar-refractivity contribution is 5.34. The van der Waals surface area contributed by atoms with E-state index in [1.54, 1.807) is 6.20 Å². The van der Waals surface area contributed by atoms with Crippen molar-refractivity contribution in [3.05, 3.63) is 24.0 Å². The van der Waals surface area contributed by atoms with Crippen LogP contribution in [0.3, 0.4) is 0 Å². The molecule has 1 aromatic rings. The van der Waals surface area contributed by atoms with Crippen molar-refractivity contribution in [2.75, 3.05) is 25.4 Å². The average Bonchev–Trinajstić information content (AvgIpc) is 2.26. The topological polar surface area (TPSA) is 74.4 Å². The summed E-state index contributed by atoms with van der Waals surface area (Å²) >= 11 is 0. The van der Waals surface area contributed by atoms with E-state index in [0.29, 0.717) is 25.3 Å². The molecular formula is C10H18N4O. The number of hydroxylamine groups is 2. The van der Waals surface area contributed by atoms with Gasteiger partial charge in [0.05, 0.1) is 17.6 Å². The Hall–Kier alpha value is -1.17. The van der Waals surface area contributed by atoms with Crippen molar-refractivity contribution in [1.82, 2.24) is 15.4 Å². The van der Waals surface area contributed by atoms with Gasteiger partial charge in [0, 0.05) is 26.2 Å². The summed E-state index contributed by atoms with van der Waals surface area (Å²) < 4.78 is 0. The molecule has 0 spiro atoms. The molecule has 0 fully saturated rings. The van der Waals surface area contributed by atoms with Gasteiger partial charge < -0.3 is 16.3 Å². The first-order chi connectivity index (χ1) is 7.22. The zero-order valence-electron chi connectivity index (χ0n) is 8.98. The third-order valence-corrected chi connectivity index (χ3v) is 2.07. The number of pyridine rings is 1. The number of anilines is 1. The highest BCUT2D eigenvalue weighted by Crippen LogP contribution is 2.00. The fraction of sp³-hybridized carbons (Fsp3) is 0.500. The second-order valence-electron chi connectivity index (χ2n) is 3.31. The van der Waals surface area contributed by atoms with E-state index in [4.69, 9.17) is 10.9 Å². The molecule has 0 radical (unpaired) electrons. The van der Waals surface area contributed by atoms with Crippen molar-refractivity contribution in [3.63, 3.8) is 0 Å². The minimum Gasteiger partial charge on any atom is -0.397 e. The van der Waals surface area contributed by atoms with Gasteiger partial charge in [-0.15, -0.1) is 0 Å². The number of hydrogen-bond donors (Lipinski definition) is 3. The van der Waals surface area contributed by atoms with Gasteiger partial charge in [-0.3, -0.25) is 4.98 Å². The number of hydrogen-bond acceptors (Lipinski definition) is 5. The van der Waals surface area contributed by atoms with Gasteiger partial charge in [0.25, 0.3) is 0 Å². The summed E-state index contributed by atoms with van der Waals surface area (Å²) in [5.74, 6) is 0. The van der Waals surface area contributed by atoms with Crippen molar-refractivity contribution < 1.29 is 5.21 Å².